The van der Waals surface area contributed by atoms with Crippen LogP contribution in [0, 0.1) is 5.92 Å². The molecule has 1 aromatic carbocycles. The highest BCUT2D eigenvalue weighted by molar-refractivity contribution is 5.33. The van der Waals surface area contributed by atoms with E-state index < -0.39 is 0 Å². The lowest BCUT2D eigenvalue weighted by Gasteiger charge is -2.12. The lowest BCUT2D eigenvalue weighted by molar-refractivity contribution is 0.577. The first-order valence-electron chi connectivity index (χ1n) is 6.22. The third-order valence-corrected chi connectivity index (χ3v) is 3.74. The summed E-state index contributed by atoms with van der Waals surface area (Å²) in [5.74, 6) is 1.78. The van der Waals surface area contributed by atoms with E-state index in [9.17, 15) is 0 Å². The third-order valence-electron chi connectivity index (χ3n) is 3.74. The number of benzene rings is 1. The Kier molecular flexibility index (Phi) is 2.49. The normalized spacial score (nSPS) is 25.7. The molecule has 0 radical (unpaired) electrons. The van der Waals surface area contributed by atoms with E-state index >= 15 is 0 Å². The average Bonchev–Trinajstić information content (AvgIpc) is 2.99. The van der Waals surface area contributed by atoms with Crippen molar-refractivity contribution >= 4 is 0 Å². The van der Waals surface area contributed by atoms with Crippen LogP contribution < -0.4 is 5.32 Å². The van der Waals surface area contributed by atoms with E-state index in [1.54, 1.807) is 11.1 Å². The maximum Gasteiger partial charge on any atom is -0.00169 e. The molecule has 1 heteroatoms. The number of hydrogen-bond acceptors (Lipinski definition) is 1. The minimum absolute atomic E-state index is 0.880. The van der Waals surface area contributed by atoms with Crippen LogP contribution in [0.3, 0.4) is 0 Å². The van der Waals surface area contributed by atoms with Crippen molar-refractivity contribution in [2.75, 3.05) is 13.1 Å². The summed E-state index contributed by atoms with van der Waals surface area (Å²) < 4.78 is 0. The molecule has 2 aliphatic rings. The molecule has 0 amide bonds. The first kappa shape index (κ1) is 9.41. The van der Waals surface area contributed by atoms with Gasteiger partial charge in [-0.05, 0) is 61.7 Å². The largest absolute Gasteiger partial charge is 0.316 e. The minimum Gasteiger partial charge on any atom is -0.316 e. The third kappa shape index (κ3) is 2.07. The smallest absolute Gasteiger partial charge is 0.00169 e. The Morgan fingerprint density at radius 2 is 2.00 bits per heavy atom. The Bertz CT molecular complexity index is 335. The molecule has 1 heterocycles. The van der Waals surface area contributed by atoms with Crippen molar-refractivity contribution < 1.29 is 0 Å². The molecule has 15 heavy (non-hydrogen) atoms. The van der Waals surface area contributed by atoms with Crippen molar-refractivity contribution in [2.45, 2.75) is 31.6 Å². The lowest BCUT2D eigenvalue weighted by atomic mass is 9.93. The standard InChI is InChI=1S/C14H19N/c1-2-4-14(12-5-6-12)13(3-1)9-11-7-8-15-10-11/h1-4,11-12,15H,5-10H2. The van der Waals surface area contributed by atoms with Gasteiger partial charge in [-0.15, -0.1) is 0 Å². The van der Waals surface area contributed by atoms with Crippen molar-refractivity contribution in [3.63, 3.8) is 0 Å². The van der Waals surface area contributed by atoms with Crippen LogP contribution in [0.25, 0.3) is 0 Å². The molecular formula is C14H19N. The Hall–Kier alpha value is -0.820. The summed E-state index contributed by atoms with van der Waals surface area (Å²) in [6.07, 6.45) is 5.48. The van der Waals surface area contributed by atoms with E-state index in [0.717, 1.165) is 11.8 Å². The molecule has 1 nitrogen and oxygen atoms in total. The summed E-state index contributed by atoms with van der Waals surface area (Å²) in [5.41, 5.74) is 3.26. The zero-order valence-corrected chi connectivity index (χ0v) is 9.21. The van der Waals surface area contributed by atoms with Gasteiger partial charge in [-0.1, -0.05) is 24.3 Å². The Morgan fingerprint density at radius 3 is 2.73 bits per heavy atom. The van der Waals surface area contributed by atoms with Gasteiger partial charge in [0.25, 0.3) is 0 Å². The van der Waals surface area contributed by atoms with E-state index in [1.807, 2.05) is 0 Å². The van der Waals surface area contributed by atoms with Gasteiger partial charge in [0.1, 0.15) is 0 Å². The fourth-order valence-corrected chi connectivity index (χ4v) is 2.71. The fraction of sp³-hybridized carbons (Fsp3) is 0.571. The molecule has 1 aliphatic heterocycles. The van der Waals surface area contributed by atoms with Crippen molar-refractivity contribution in [3.8, 4) is 0 Å². The van der Waals surface area contributed by atoms with Gasteiger partial charge in [0.2, 0.25) is 0 Å². The van der Waals surface area contributed by atoms with Crippen LogP contribution in [0.1, 0.15) is 36.3 Å². The molecule has 1 unspecified atom stereocenters. The van der Waals surface area contributed by atoms with Gasteiger partial charge in [-0.25, -0.2) is 0 Å². The van der Waals surface area contributed by atoms with Crippen LogP contribution in [-0.4, -0.2) is 13.1 Å². The highest BCUT2D eigenvalue weighted by atomic mass is 14.9. The second-order valence-corrected chi connectivity index (χ2v) is 5.04. The lowest BCUT2D eigenvalue weighted by Crippen LogP contribution is -2.11. The van der Waals surface area contributed by atoms with Crippen molar-refractivity contribution in [2.24, 2.45) is 5.92 Å². The Balaban J connectivity index is 1.77. The molecule has 3 rings (SSSR count). The van der Waals surface area contributed by atoms with E-state index in [1.165, 1.54) is 38.8 Å². The van der Waals surface area contributed by atoms with Crippen LogP contribution >= 0.6 is 0 Å². The SMILES string of the molecule is c1ccc(C2CC2)c(CC2CCNC2)c1. The van der Waals surface area contributed by atoms with Gasteiger partial charge in [0, 0.05) is 0 Å². The van der Waals surface area contributed by atoms with Gasteiger partial charge in [0.05, 0.1) is 0 Å². The van der Waals surface area contributed by atoms with E-state index in [-0.39, 0.29) is 0 Å². The predicted molar refractivity (Wildman–Crippen MR) is 63.1 cm³/mol. The molecule has 1 saturated carbocycles. The van der Waals surface area contributed by atoms with Crippen LogP contribution in [0.2, 0.25) is 0 Å². The molecule has 0 spiro atoms. The van der Waals surface area contributed by atoms with Gasteiger partial charge >= 0.3 is 0 Å². The van der Waals surface area contributed by atoms with Crippen LogP contribution in [0.4, 0.5) is 0 Å². The minimum atomic E-state index is 0.880. The van der Waals surface area contributed by atoms with Crippen molar-refractivity contribution in [1.29, 1.82) is 0 Å². The molecule has 1 aliphatic carbocycles. The van der Waals surface area contributed by atoms with Gasteiger partial charge in [-0.2, -0.15) is 0 Å². The predicted octanol–water partition coefficient (Wildman–Crippen LogP) is 2.72. The molecule has 0 bridgehead atoms. The Labute approximate surface area is 91.9 Å². The van der Waals surface area contributed by atoms with E-state index in [0.29, 0.717) is 0 Å². The molecule has 2 fully saturated rings. The van der Waals surface area contributed by atoms with Crippen LogP contribution in [-0.2, 0) is 6.42 Å². The molecular weight excluding hydrogens is 182 g/mol. The van der Waals surface area contributed by atoms with E-state index in [2.05, 4.69) is 29.6 Å². The zero-order chi connectivity index (χ0) is 10.1. The number of nitrogens with one attached hydrogen (secondary N) is 1. The topological polar surface area (TPSA) is 12.0 Å². The molecule has 1 atom stereocenters. The molecule has 0 aromatic heterocycles. The second kappa shape index (κ2) is 3.97. The highest BCUT2D eigenvalue weighted by Gasteiger charge is 2.26. The summed E-state index contributed by atoms with van der Waals surface area (Å²) in [6, 6.07) is 9.08. The van der Waals surface area contributed by atoms with Gasteiger partial charge < -0.3 is 5.32 Å². The monoisotopic (exact) mass is 201 g/mol. The van der Waals surface area contributed by atoms with E-state index in [4.69, 9.17) is 0 Å². The van der Waals surface area contributed by atoms with Gasteiger partial charge in [-0.3, -0.25) is 0 Å². The molecule has 1 N–H and O–H groups in total. The maximum absolute atomic E-state index is 3.46. The quantitative estimate of drug-likeness (QED) is 0.793. The number of rotatable bonds is 3. The summed E-state index contributed by atoms with van der Waals surface area (Å²) in [5, 5.41) is 3.46. The summed E-state index contributed by atoms with van der Waals surface area (Å²) >= 11 is 0. The number of hydrogen-bond donors (Lipinski definition) is 1. The summed E-state index contributed by atoms with van der Waals surface area (Å²) in [6.45, 7) is 2.44. The van der Waals surface area contributed by atoms with Crippen LogP contribution in [0.5, 0.6) is 0 Å². The first-order valence-corrected chi connectivity index (χ1v) is 6.22. The molecule has 1 saturated heterocycles. The first-order chi connectivity index (χ1) is 7.43. The average molecular weight is 201 g/mol. The second-order valence-electron chi connectivity index (χ2n) is 5.04. The fourth-order valence-electron chi connectivity index (χ4n) is 2.71. The zero-order valence-electron chi connectivity index (χ0n) is 9.21. The maximum atomic E-state index is 3.46. The molecule has 80 valence electrons. The molecule has 1 aromatic rings. The highest BCUT2D eigenvalue weighted by Crippen LogP contribution is 2.42. The Morgan fingerprint density at radius 1 is 1.13 bits per heavy atom. The van der Waals surface area contributed by atoms with Crippen molar-refractivity contribution in [3.05, 3.63) is 35.4 Å². The van der Waals surface area contributed by atoms with Crippen molar-refractivity contribution in [1.82, 2.24) is 5.32 Å². The summed E-state index contributed by atoms with van der Waals surface area (Å²) in [7, 11) is 0. The van der Waals surface area contributed by atoms with Crippen LogP contribution in [0.15, 0.2) is 24.3 Å². The summed E-state index contributed by atoms with van der Waals surface area (Å²) in [4.78, 5) is 0. The van der Waals surface area contributed by atoms with Gasteiger partial charge in [0.15, 0.2) is 0 Å².